The summed E-state index contributed by atoms with van der Waals surface area (Å²) in [4.78, 5) is 0. The van der Waals surface area contributed by atoms with Crippen LogP contribution in [0.4, 0.5) is 0 Å². The normalized spacial score (nSPS) is 11.3. The van der Waals surface area contributed by atoms with Crippen LogP contribution in [0.3, 0.4) is 0 Å². The number of fused-ring (bicyclic) bond motifs is 3. The molecule has 5 aromatic carbocycles. The maximum Gasteiger partial charge on any atom is 0.0992 e. The average molecular weight is 379 g/mol. The molecule has 1 nitrogen and oxygen atoms in total. The molecule has 5 aromatic rings. The number of benzene rings is 5. The van der Waals surface area contributed by atoms with Crippen molar-refractivity contribution in [1.82, 2.24) is 0 Å². The lowest BCUT2D eigenvalue weighted by atomic mass is 9.91. The fourth-order valence-electron chi connectivity index (χ4n) is 4.71. The van der Waals surface area contributed by atoms with Gasteiger partial charge in [0.25, 0.3) is 0 Å². The van der Waals surface area contributed by atoms with Crippen molar-refractivity contribution in [3.8, 4) is 50.6 Å². The summed E-state index contributed by atoms with van der Waals surface area (Å²) in [5.41, 5.74) is 10.3. The highest BCUT2D eigenvalue weighted by Gasteiger charge is 2.22. The molecule has 0 atom stereocenters. The van der Waals surface area contributed by atoms with Gasteiger partial charge in [-0.3, -0.25) is 0 Å². The second-order valence-electron chi connectivity index (χ2n) is 7.71. The van der Waals surface area contributed by atoms with Crippen molar-refractivity contribution in [3.63, 3.8) is 0 Å². The quantitative estimate of drug-likeness (QED) is 0.302. The van der Waals surface area contributed by atoms with Crippen molar-refractivity contribution in [3.05, 3.63) is 109 Å². The van der Waals surface area contributed by atoms with E-state index in [9.17, 15) is 5.26 Å². The minimum absolute atomic E-state index is 0.679. The lowest BCUT2D eigenvalue weighted by molar-refractivity contribution is 1.48. The summed E-state index contributed by atoms with van der Waals surface area (Å²) in [5.74, 6) is 0. The molecule has 0 fully saturated rings. The van der Waals surface area contributed by atoms with E-state index in [1.54, 1.807) is 0 Å². The van der Waals surface area contributed by atoms with Crippen molar-refractivity contribution in [2.45, 2.75) is 0 Å². The fourth-order valence-corrected chi connectivity index (χ4v) is 4.71. The first-order valence-corrected chi connectivity index (χ1v) is 10.1. The second-order valence-corrected chi connectivity index (χ2v) is 7.71. The smallest absolute Gasteiger partial charge is 0.0992 e. The lowest BCUT2D eigenvalue weighted by Crippen LogP contribution is -1.87. The van der Waals surface area contributed by atoms with E-state index in [1.807, 2.05) is 30.3 Å². The van der Waals surface area contributed by atoms with E-state index in [2.05, 4.69) is 78.9 Å². The third-order valence-corrected chi connectivity index (χ3v) is 6.03. The molecule has 0 aromatic heterocycles. The van der Waals surface area contributed by atoms with Gasteiger partial charge in [-0.1, -0.05) is 84.9 Å². The van der Waals surface area contributed by atoms with Crippen LogP contribution in [0.15, 0.2) is 103 Å². The summed E-state index contributed by atoms with van der Waals surface area (Å²) in [6.07, 6.45) is 0. The van der Waals surface area contributed by atoms with Crippen LogP contribution in [-0.4, -0.2) is 0 Å². The first kappa shape index (κ1) is 16.8. The zero-order valence-corrected chi connectivity index (χ0v) is 16.3. The van der Waals surface area contributed by atoms with Crippen molar-refractivity contribution in [2.24, 2.45) is 0 Å². The number of hydrogen-bond acceptors (Lipinski definition) is 1. The van der Waals surface area contributed by atoms with Crippen LogP contribution in [0.25, 0.3) is 55.3 Å². The van der Waals surface area contributed by atoms with Crippen molar-refractivity contribution >= 4 is 10.8 Å². The predicted octanol–water partition coefficient (Wildman–Crippen LogP) is 7.69. The monoisotopic (exact) mass is 379 g/mol. The van der Waals surface area contributed by atoms with E-state index in [0.717, 1.165) is 22.3 Å². The Labute approximate surface area is 175 Å². The maximum absolute atomic E-state index is 9.66. The first-order chi connectivity index (χ1) is 14.8. The highest BCUT2D eigenvalue weighted by atomic mass is 14.3. The van der Waals surface area contributed by atoms with Crippen molar-refractivity contribution in [2.75, 3.05) is 0 Å². The summed E-state index contributed by atoms with van der Waals surface area (Å²) in [5, 5.41) is 12.2. The molecule has 0 spiro atoms. The average Bonchev–Trinajstić information content (AvgIpc) is 3.15. The fraction of sp³-hybridized carbons (Fsp3) is 0. The van der Waals surface area contributed by atoms with Crippen LogP contribution in [0.1, 0.15) is 5.56 Å². The van der Waals surface area contributed by atoms with E-state index in [4.69, 9.17) is 0 Å². The van der Waals surface area contributed by atoms with Crippen molar-refractivity contribution in [1.29, 1.82) is 5.26 Å². The Bertz CT molecular complexity index is 1460. The van der Waals surface area contributed by atoms with Crippen molar-refractivity contribution < 1.29 is 0 Å². The molecule has 0 saturated heterocycles. The van der Waals surface area contributed by atoms with E-state index in [0.29, 0.717) is 5.56 Å². The molecule has 1 aliphatic carbocycles. The Kier molecular flexibility index (Phi) is 3.60. The van der Waals surface area contributed by atoms with Gasteiger partial charge in [0, 0.05) is 0 Å². The highest BCUT2D eigenvalue weighted by molar-refractivity contribution is 6.18. The van der Waals surface area contributed by atoms with Crippen LogP contribution in [0, 0.1) is 11.3 Å². The van der Waals surface area contributed by atoms with Gasteiger partial charge in [0.05, 0.1) is 11.6 Å². The third-order valence-electron chi connectivity index (χ3n) is 6.03. The van der Waals surface area contributed by atoms with Gasteiger partial charge in [-0.2, -0.15) is 5.26 Å². The van der Waals surface area contributed by atoms with Gasteiger partial charge in [-0.15, -0.1) is 0 Å². The zero-order chi connectivity index (χ0) is 20.1. The van der Waals surface area contributed by atoms with Crippen LogP contribution >= 0.6 is 0 Å². The minimum Gasteiger partial charge on any atom is -0.192 e. The predicted molar refractivity (Wildman–Crippen MR) is 124 cm³/mol. The summed E-state index contributed by atoms with van der Waals surface area (Å²) >= 11 is 0. The molecular formula is C29H17N. The Morgan fingerprint density at radius 3 is 1.87 bits per heavy atom. The number of rotatable bonds is 2. The molecule has 0 saturated carbocycles. The molecule has 0 N–H and O–H groups in total. The molecule has 138 valence electrons. The first-order valence-electron chi connectivity index (χ1n) is 10.1. The maximum atomic E-state index is 9.66. The molecule has 1 aliphatic rings. The molecular weight excluding hydrogens is 362 g/mol. The van der Waals surface area contributed by atoms with Gasteiger partial charge in [-0.05, 0) is 73.5 Å². The highest BCUT2D eigenvalue weighted by Crippen LogP contribution is 2.49. The van der Waals surface area contributed by atoms with E-state index in [1.165, 1.54) is 33.0 Å². The Balaban J connectivity index is 1.63. The largest absolute Gasteiger partial charge is 0.192 e. The van der Waals surface area contributed by atoms with E-state index in [-0.39, 0.29) is 0 Å². The van der Waals surface area contributed by atoms with E-state index >= 15 is 0 Å². The summed E-state index contributed by atoms with van der Waals surface area (Å²) in [7, 11) is 0. The lowest BCUT2D eigenvalue weighted by Gasteiger charge is -2.12. The molecule has 6 rings (SSSR count). The molecule has 0 unspecified atom stereocenters. The summed E-state index contributed by atoms with van der Waals surface area (Å²) < 4.78 is 0. The second kappa shape index (κ2) is 6.44. The topological polar surface area (TPSA) is 23.8 Å². The number of nitriles is 1. The van der Waals surface area contributed by atoms with E-state index < -0.39 is 0 Å². The molecule has 30 heavy (non-hydrogen) atoms. The van der Waals surface area contributed by atoms with Gasteiger partial charge >= 0.3 is 0 Å². The zero-order valence-electron chi connectivity index (χ0n) is 16.3. The van der Waals surface area contributed by atoms with Crippen LogP contribution in [0.2, 0.25) is 0 Å². The number of nitrogens with zero attached hydrogens (tertiary/aromatic N) is 1. The SMILES string of the molecule is N#Cc1cc(-c2ccccc2)cc(-c2ccc3c4c(cccc24)-c2ccccc2-3)c1. The van der Waals surface area contributed by atoms with Gasteiger partial charge < -0.3 is 0 Å². The Morgan fingerprint density at radius 2 is 1.10 bits per heavy atom. The molecule has 0 bridgehead atoms. The summed E-state index contributed by atoms with van der Waals surface area (Å²) in [6.45, 7) is 0. The molecule has 0 heterocycles. The van der Waals surface area contributed by atoms with Crippen LogP contribution in [0.5, 0.6) is 0 Å². The summed E-state index contributed by atoms with van der Waals surface area (Å²) in [6, 6.07) is 38.4. The Morgan fingerprint density at radius 1 is 0.467 bits per heavy atom. The third kappa shape index (κ3) is 2.41. The molecule has 1 heteroatoms. The molecule has 0 amide bonds. The van der Waals surface area contributed by atoms with Gasteiger partial charge in [-0.25, -0.2) is 0 Å². The number of hydrogen-bond donors (Lipinski definition) is 0. The Hall–Kier alpha value is -4.15. The van der Waals surface area contributed by atoms with Crippen LogP contribution in [-0.2, 0) is 0 Å². The minimum atomic E-state index is 0.679. The van der Waals surface area contributed by atoms with Gasteiger partial charge in [0.15, 0.2) is 0 Å². The van der Waals surface area contributed by atoms with Crippen LogP contribution < -0.4 is 0 Å². The van der Waals surface area contributed by atoms with Gasteiger partial charge in [0.1, 0.15) is 0 Å². The van der Waals surface area contributed by atoms with Gasteiger partial charge in [0.2, 0.25) is 0 Å². The standard InChI is InChI=1S/C29H17N/c30-18-19-15-21(20-7-2-1-3-8-20)17-22(16-19)23-13-14-28-25-10-5-4-9-24(25)27-12-6-11-26(23)29(27)28/h1-17H. The molecule has 0 radical (unpaired) electrons. The molecule has 0 aliphatic heterocycles.